The fourth-order valence-corrected chi connectivity index (χ4v) is 4.39. The first-order valence-electron chi connectivity index (χ1n) is 8.63. The van der Waals surface area contributed by atoms with E-state index < -0.39 is 0 Å². The molecular formula is C17H27N3O2S. The van der Waals surface area contributed by atoms with Gasteiger partial charge in [0.15, 0.2) is 0 Å². The lowest BCUT2D eigenvalue weighted by atomic mass is 9.94. The van der Waals surface area contributed by atoms with Crippen LogP contribution in [0, 0.1) is 5.92 Å². The highest BCUT2D eigenvalue weighted by Gasteiger charge is 2.22. The summed E-state index contributed by atoms with van der Waals surface area (Å²) in [5.41, 5.74) is 1.32. The highest BCUT2D eigenvalue weighted by atomic mass is 32.1. The molecule has 0 radical (unpaired) electrons. The van der Waals surface area contributed by atoms with Crippen molar-refractivity contribution in [2.75, 3.05) is 39.4 Å². The minimum absolute atomic E-state index is 0.0390. The van der Waals surface area contributed by atoms with Gasteiger partial charge in [0, 0.05) is 31.1 Å². The van der Waals surface area contributed by atoms with Gasteiger partial charge in [-0.15, -0.1) is 11.3 Å². The van der Waals surface area contributed by atoms with Crippen molar-refractivity contribution >= 4 is 17.4 Å². The molecule has 1 aliphatic heterocycles. The molecular weight excluding hydrogens is 310 g/mol. The zero-order valence-corrected chi connectivity index (χ0v) is 14.7. The average molecular weight is 337 g/mol. The van der Waals surface area contributed by atoms with Gasteiger partial charge in [0.1, 0.15) is 0 Å². The zero-order chi connectivity index (χ0) is 16.1. The largest absolute Gasteiger partial charge is 0.379 e. The molecule has 2 heterocycles. The van der Waals surface area contributed by atoms with Gasteiger partial charge in [0.05, 0.1) is 19.3 Å². The molecule has 2 unspecified atom stereocenters. The predicted molar refractivity (Wildman–Crippen MR) is 93.0 cm³/mol. The van der Waals surface area contributed by atoms with Crippen LogP contribution in [0.15, 0.2) is 11.4 Å². The summed E-state index contributed by atoms with van der Waals surface area (Å²) in [4.78, 5) is 16.0. The Morgan fingerprint density at radius 3 is 3.13 bits per heavy atom. The van der Waals surface area contributed by atoms with E-state index in [1.807, 2.05) is 0 Å². The summed E-state index contributed by atoms with van der Waals surface area (Å²) < 4.78 is 5.37. The van der Waals surface area contributed by atoms with Crippen molar-refractivity contribution in [1.29, 1.82) is 0 Å². The molecule has 0 saturated carbocycles. The van der Waals surface area contributed by atoms with Crippen LogP contribution in [0.4, 0.5) is 4.79 Å². The van der Waals surface area contributed by atoms with Crippen molar-refractivity contribution in [3.63, 3.8) is 0 Å². The maximum atomic E-state index is 12.2. The van der Waals surface area contributed by atoms with E-state index in [0.29, 0.717) is 12.5 Å². The lowest BCUT2D eigenvalue weighted by molar-refractivity contribution is 0.0319. The van der Waals surface area contributed by atoms with Gasteiger partial charge in [-0.3, -0.25) is 4.90 Å². The Morgan fingerprint density at radius 1 is 1.48 bits per heavy atom. The summed E-state index contributed by atoms with van der Waals surface area (Å²) in [5, 5.41) is 8.31. The monoisotopic (exact) mass is 337 g/mol. The minimum atomic E-state index is -0.0390. The number of nitrogens with zero attached hydrogens (tertiary/aromatic N) is 1. The van der Waals surface area contributed by atoms with Gasteiger partial charge in [-0.2, -0.15) is 0 Å². The van der Waals surface area contributed by atoms with E-state index in [1.54, 1.807) is 11.3 Å². The SMILES string of the molecule is CC(CNC(=O)NC1CCCc2sccc21)CN1CCOCC1. The number of fused-ring (bicyclic) bond motifs is 1. The Kier molecular flexibility index (Phi) is 5.91. The summed E-state index contributed by atoms with van der Waals surface area (Å²) in [6.07, 6.45) is 3.36. The van der Waals surface area contributed by atoms with E-state index in [1.165, 1.54) is 10.4 Å². The molecule has 6 heteroatoms. The third-order valence-corrected chi connectivity index (χ3v) is 5.64. The number of hydrogen-bond donors (Lipinski definition) is 2. The lowest BCUT2D eigenvalue weighted by Gasteiger charge is -2.29. The normalized spacial score (nSPS) is 23.1. The number of morpholine rings is 1. The van der Waals surface area contributed by atoms with Gasteiger partial charge >= 0.3 is 6.03 Å². The summed E-state index contributed by atoms with van der Waals surface area (Å²) in [6.45, 7) is 7.57. The highest BCUT2D eigenvalue weighted by molar-refractivity contribution is 7.10. The summed E-state index contributed by atoms with van der Waals surface area (Å²) in [6, 6.07) is 2.30. The van der Waals surface area contributed by atoms with Gasteiger partial charge in [0.25, 0.3) is 0 Å². The van der Waals surface area contributed by atoms with E-state index in [2.05, 4.69) is 33.9 Å². The number of carbonyl (C=O) groups excluding carboxylic acids is 1. The highest BCUT2D eigenvalue weighted by Crippen LogP contribution is 2.33. The Balaban J connectivity index is 1.40. The van der Waals surface area contributed by atoms with Crippen molar-refractivity contribution in [1.82, 2.24) is 15.5 Å². The van der Waals surface area contributed by atoms with Crippen LogP contribution in [0.3, 0.4) is 0 Å². The van der Waals surface area contributed by atoms with Crippen molar-refractivity contribution in [2.45, 2.75) is 32.2 Å². The van der Waals surface area contributed by atoms with Gasteiger partial charge < -0.3 is 15.4 Å². The summed E-state index contributed by atoms with van der Waals surface area (Å²) in [7, 11) is 0. The van der Waals surface area contributed by atoms with Crippen LogP contribution < -0.4 is 10.6 Å². The summed E-state index contributed by atoms with van der Waals surface area (Å²) in [5.74, 6) is 0.446. The number of nitrogens with one attached hydrogen (secondary N) is 2. The average Bonchev–Trinajstić information content (AvgIpc) is 3.04. The van der Waals surface area contributed by atoms with E-state index in [0.717, 1.165) is 52.1 Å². The molecule has 0 aromatic carbocycles. The van der Waals surface area contributed by atoms with Crippen molar-refractivity contribution < 1.29 is 9.53 Å². The van der Waals surface area contributed by atoms with Crippen molar-refractivity contribution in [3.8, 4) is 0 Å². The fourth-order valence-electron chi connectivity index (χ4n) is 3.40. The topological polar surface area (TPSA) is 53.6 Å². The second-order valence-corrected chi connectivity index (χ2v) is 7.62. The van der Waals surface area contributed by atoms with Crippen LogP contribution in [0.2, 0.25) is 0 Å². The second-order valence-electron chi connectivity index (χ2n) is 6.62. The quantitative estimate of drug-likeness (QED) is 0.867. The van der Waals surface area contributed by atoms with Crippen LogP contribution >= 0.6 is 11.3 Å². The number of rotatable bonds is 5. The molecule has 5 nitrogen and oxygen atoms in total. The Bertz CT molecular complexity index is 514. The predicted octanol–water partition coefficient (Wildman–Crippen LogP) is 2.39. The van der Waals surface area contributed by atoms with E-state index >= 15 is 0 Å². The Labute approximate surface area is 142 Å². The molecule has 1 aliphatic carbocycles. The molecule has 2 amide bonds. The molecule has 1 aromatic heterocycles. The van der Waals surface area contributed by atoms with Crippen LogP contribution in [-0.2, 0) is 11.2 Å². The first-order valence-corrected chi connectivity index (χ1v) is 9.51. The smallest absolute Gasteiger partial charge is 0.315 e. The van der Waals surface area contributed by atoms with Crippen LogP contribution in [0.25, 0.3) is 0 Å². The molecule has 0 spiro atoms. The minimum Gasteiger partial charge on any atom is -0.379 e. The van der Waals surface area contributed by atoms with E-state index in [4.69, 9.17) is 4.74 Å². The van der Waals surface area contributed by atoms with Gasteiger partial charge in [-0.1, -0.05) is 6.92 Å². The molecule has 2 atom stereocenters. The fraction of sp³-hybridized carbons (Fsp3) is 0.706. The van der Waals surface area contributed by atoms with E-state index in [9.17, 15) is 4.79 Å². The number of thiophene rings is 1. The maximum Gasteiger partial charge on any atom is 0.315 e. The standard InChI is InChI=1S/C17H27N3O2S/c1-13(12-20-6-8-22-9-7-20)11-18-17(21)19-15-3-2-4-16-14(15)5-10-23-16/h5,10,13,15H,2-4,6-9,11-12H2,1H3,(H2,18,19,21). The maximum absolute atomic E-state index is 12.2. The second kappa shape index (κ2) is 8.13. The number of hydrogen-bond acceptors (Lipinski definition) is 4. The first-order chi connectivity index (χ1) is 11.2. The molecule has 128 valence electrons. The number of ether oxygens (including phenoxy) is 1. The number of carbonyl (C=O) groups is 1. The van der Waals surface area contributed by atoms with Crippen LogP contribution in [0.5, 0.6) is 0 Å². The Morgan fingerprint density at radius 2 is 2.30 bits per heavy atom. The zero-order valence-electron chi connectivity index (χ0n) is 13.8. The molecule has 1 fully saturated rings. The third-order valence-electron chi connectivity index (χ3n) is 4.64. The van der Waals surface area contributed by atoms with Gasteiger partial charge in [-0.25, -0.2) is 4.79 Å². The van der Waals surface area contributed by atoms with Crippen LogP contribution in [-0.4, -0.2) is 50.3 Å². The number of urea groups is 1. The molecule has 2 aliphatic rings. The third kappa shape index (κ3) is 4.68. The Hall–Kier alpha value is -1.11. The van der Waals surface area contributed by atoms with Crippen molar-refractivity contribution in [3.05, 3.63) is 21.9 Å². The number of aryl methyl sites for hydroxylation is 1. The molecule has 1 aromatic rings. The molecule has 0 bridgehead atoms. The van der Waals surface area contributed by atoms with Gasteiger partial charge in [0.2, 0.25) is 0 Å². The lowest BCUT2D eigenvalue weighted by Crippen LogP contribution is -2.44. The summed E-state index contributed by atoms with van der Waals surface area (Å²) >= 11 is 1.81. The van der Waals surface area contributed by atoms with Crippen LogP contribution in [0.1, 0.15) is 36.2 Å². The van der Waals surface area contributed by atoms with E-state index in [-0.39, 0.29) is 12.1 Å². The van der Waals surface area contributed by atoms with Gasteiger partial charge in [-0.05, 0) is 42.2 Å². The molecule has 3 rings (SSSR count). The van der Waals surface area contributed by atoms with Crippen molar-refractivity contribution in [2.24, 2.45) is 5.92 Å². The first kappa shape index (κ1) is 16.7. The number of amides is 2. The molecule has 1 saturated heterocycles. The molecule has 23 heavy (non-hydrogen) atoms. The molecule has 2 N–H and O–H groups in total.